The van der Waals surface area contributed by atoms with Gasteiger partial charge in [-0.05, 0) is 44.4 Å². The van der Waals surface area contributed by atoms with Gasteiger partial charge in [0.1, 0.15) is 6.10 Å². The SMILES string of the molecule is CCOCCOC(C)C(=O)N1CCCc2c(N)cccc21. The van der Waals surface area contributed by atoms with Gasteiger partial charge in [0, 0.05) is 24.5 Å². The summed E-state index contributed by atoms with van der Waals surface area (Å²) in [5.41, 5.74) is 8.76. The van der Waals surface area contributed by atoms with Crippen LogP contribution in [0.2, 0.25) is 0 Å². The van der Waals surface area contributed by atoms with Gasteiger partial charge in [0.15, 0.2) is 0 Å². The fourth-order valence-electron chi connectivity index (χ4n) is 2.60. The summed E-state index contributed by atoms with van der Waals surface area (Å²) in [5.74, 6) is -0.0157. The number of benzene rings is 1. The van der Waals surface area contributed by atoms with Crippen LogP contribution in [0.5, 0.6) is 0 Å². The monoisotopic (exact) mass is 292 g/mol. The summed E-state index contributed by atoms with van der Waals surface area (Å²) >= 11 is 0. The van der Waals surface area contributed by atoms with Crippen LogP contribution in [-0.2, 0) is 20.7 Å². The first-order valence-corrected chi connectivity index (χ1v) is 7.53. The first-order chi connectivity index (χ1) is 10.1. The highest BCUT2D eigenvalue weighted by Gasteiger charge is 2.27. The van der Waals surface area contributed by atoms with Crippen molar-refractivity contribution < 1.29 is 14.3 Å². The Kier molecular flexibility index (Phi) is 5.59. The molecule has 5 heteroatoms. The number of fused-ring (bicyclic) bond motifs is 1. The van der Waals surface area contributed by atoms with Crippen molar-refractivity contribution in [2.45, 2.75) is 32.8 Å². The third-order valence-electron chi connectivity index (χ3n) is 3.70. The number of carbonyl (C=O) groups is 1. The van der Waals surface area contributed by atoms with Gasteiger partial charge in [-0.2, -0.15) is 0 Å². The molecule has 1 aromatic rings. The summed E-state index contributed by atoms with van der Waals surface area (Å²) in [5, 5.41) is 0. The molecule has 116 valence electrons. The smallest absolute Gasteiger partial charge is 0.255 e. The van der Waals surface area contributed by atoms with Gasteiger partial charge in [0.2, 0.25) is 0 Å². The van der Waals surface area contributed by atoms with Crippen LogP contribution in [0.1, 0.15) is 25.8 Å². The normalized spacial score (nSPS) is 15.6. The van der Waals surface area contributed by atoms with Gasteiger partial charge in [-0.25, -0.2) is 0 Å². The first kappa shape index (κ1) is 15.8. The van der Waals surface area contributed by atoms with Crippen molar-refractivity contribution in [1.29, 1.82) is 0 Å². The number of nitrogens with zero attached hydrogens (tertiary/aromatic N) is 1. The minimum absolute atomic E-state index is 0.0157. The van der Waals surface area contributed by atoms with Crippen LogP contribution >= 0.6 is 0 Å². The average Bonchev–Trinajstić information content (AvgIpc) is 2.50. The lowest BCUT2D eigenvalue weighted by molar-refractivity contribution is -0.130. The molecule has 1 atom stereocenters. The highest BCUT2D eigenvalue weighted by Crippen LogP contribution is 2.31. The Labute approximate surface area is 126 Å². The average molecular weight is 292 g/mol. The van der Waals surface area contributed by atoms with E-state index in [2.05, 4.69) is 0 Å². The number of carbonyl (C=O) groups excluding carboxylic acids is 1. The molecule has 1 aliphatic heterocycles. The molecule has 1 aromatic carbocycles. The Morgan fingerprint density at radius 3 is 3.00 bits per heavy atom. The molecule has 0 spiro atoms. The standard InChI is InChI=1S/C16H24N2O3/c1-3-20-10-11-21-12(2)16(19)18-9-5-6-13-14(17)7-4-8-15(13)18/h4,7-8,12H,3,5-6,9-11,17H2,1-2H3. The van der Waals surface area contributed by atoms with E-state index in [0.29, 0.717) is 26.4 Å². The van der Waals surface area contributed by atoms with Crippen LogP contribution in [-0.4, -0.2) is 38.4 Å². The van der Waals surface area contributed by atoms with Crippen LogP contribution in [0.15, 0.2) is 18.2 Å². The zero-order valence-electron chi connectivity index (χ0n) is 12.8. The first-order valence-electron chi connectivity index (χ1n) is 7.53. The van der Waals surface area contributed by atoms with Crippen molar-refractivity contribution in [3.05, 3.63) is 23.8 Å². The fraction of sp³-hybridized carbons (Fsp3) is 0.562. The number of anilines is 2. The summed E-state index contributed by atoms with van der Waals surface area (Å²) in [6.07, 6.45) is 1.38. The lowest BCUT2D eigenvalue weighted by atomic mass is 9.99. The van der Waals surface area contributed by atoms with Gasteiger partial charge < -0.3 is 20.1 Å². The molecule has 0 saturated heterocycles. The maximum atomic E-state index is 12.6. The predicted molar refractivity (Wildman–Crippen MR) is 83.4 cm³/mol. The van der Waals surface area contributed by atoms with E-state index >= 15 is 0 Å². The molecule has 0 fully saturated rings. The molecule has 0 aliphatic carbocycles. The highest BCUT2D eigenvalue weighted by molar-refractivity contribution is 5.98. The van der Waals surface area contributed by atoms with E-state index in [9.17, 15) is 4.79 Å². The summed E-state index contributed by atoms with van der Waals surface area (Å²) in [7, 11) is 0. The Morgan fingerprint density at radius 1 is 1.43 bits per heavy atom. The number of nitrogens with two attached hydrogens (primary N) is 1. The minimum Gasteiger partial charge on any atom is -0.398 e. The number of rotatable bonds is 6. The Bertz CT molecular complexity index is 490. The fourth-order valence-corrected chi connectivity index (χ4v) is 2.60. The lowest BCUT2D eigenvalue weighted by Gasteiger charge is -2.32. The van der Waals surface area contributed by atoms with Gasteiger partial charge in [-0.1, -0.05) is 6.07 Å². The van der Waals surface area contributed by atoms with E-state index < -0.39 is 6.10 Å². The van der Waals surface area contributed by atoms with E-state index in [-0.39, 0.29) is 5.91 Å². The second-order valence-electron chi connectivity index (χ2n) is 5.15. The van der Waals surface area contributed by atoms with Crippen molar-refractivity contribution >= 4 is 17.3 Å². The van der Waals surface area contributed by atoms with Crippen molar-refractivity contribution in [1.82, 2.24) is 0 Å². The molecule has 1 aliphatic rings. The third kappa shape index (κ3) is 3.74. The van der Waals surface area contributed by atoms with E-state index in [1.54, 1.807) is 11.8 Å². The van der Waals surface area contributed by atoms with E-state index in [1.165, 1.54) is 0 Å². The van der Waals surface area contributed by atoms with Gasteiger partial charge in [0.25, 0.3) is 5.91 Å². The molecule has 2 N–H and O–H groups in total. The van der Waals surface area contributed by atoms with Crippen molar-refractivity contribution in [2.24, 2.45) is 0 Å². The summed E-state index contributed by atoms with van der Waals surface area (Å²) in [6, 6.07) is 5.73. The van der Waals surface area contributed by atoms with Gasteiger partial charge in [-0.15, -0.1) is 0 Å². The van der Waals surface area contributed by atoms with Crippen LogP contribution in [0, 0.1) is 0 Å². The third-order valence-corrected chi connectivity index (χ3v) is 3.70. The van der Waals surface area contributed by atoms with Gasteiger partial charge in [-0.3, -0.25) is 4.79 Å². The van der Waals surface area contributed by atoms with Crippen molar-refractivity contribution in [2.75, 3.05) is 37.0 Å². The maximum absolute atomic E-state index is 12.6. The number of amides is 1. The van der Waals surface area contributed by atoms with Crippen LogP contribution in [0.25, 0.3) is 0 Å². The summed E-state index contributed by atoms with van der Waals surface area (Å²) < 4.78 is 10.8. The van der Waals surface area contributed by atoms with Crippen LogP contribution < -0.4 is 10.6 Å². The second kappa shape index (κ2) is 7.43. The number of nitrogen functional groups attached to an aromatic ring is 1. The molecular formula is C16H24N2O3. The van der Waals surface area contributed by atoms with E-state index in [1.807, 2.05) is 25.1 Å². The molecular weight excluding hydrogens is 268 g/mol. The zero-order valence-corrected chi connectivity index (χ0v) is 12.8. The predicted octanol–water partition coefficient (Wildman–Crippen LogP) is 1.99. The van der Waals surface area contributed by atoms with E-state index in [0.717, 1.165) is 29.8 Å². The van der Waals surface area contributed by atoms with Gasteiger partial charge >= 0.3 is 0 Å². The molecule has 1 unspecified atom stereocenters. The highest BCUT2D eigenvalue weighted by atomic mass is 16.5. The molecule has 2 rings (SSSR count). The van der Waals surface area contributed by atoms with Crippen molar-refractivity contribution in [3.63, 3.8) is 0 Å². The summed E-state index contributed by atoms with van der Waals surface area (Å²) in [6.45, 7) is 6.04. The van der Waals surface area contributed by atoms with Crippen molar-refractivity contribution in [3.8, 4) is 0 Å². The topological polar surface area (TPSA) is 64.8 Å². The molecule has 21 heavy (non-hydrogen) atoms. The van der Waals surface area contributed by atoms with Crippen LogP contribution in [0.4, 0.5) is 11.4 Å². The second-order valence-corrected chi connectivity index (χ2v) is 5.15. The molecule has 0 saturated carbocycles. The van der Waals surface area contributed by atoms with Crippen LogP contribution in [0.3, 0.4) is 0 Å². The molecule has 1 heterocycles. The number of hydrogen-bond acceptors (Lipinski definition) is 4. The van der Waals surface area contributed by atoms with Gasteiger partial charge in [0.05, 0.1) is 13.2 Å². The molecule has 0 bridgehead atoms. The maximum Gasteiger partial charge on any atom is 0.255 e. The molecule has 5 nitrogen and oxygen atoms in total. The van der Waals surface area contributed by atoms with E-state index in [4.69, 9.17) is 15.2 Å². The minimum atomic E-state index is -0.474. The summed E-state index contributed by atoms with van der Waals surface area (Å²) in [4.78, 5) is 14.3. The lowest BCUT2D eigenvalue weighted by Crippen LogP contribution is -2.42. The number of ether oxygens (including phenoxy) is 2. The Balaban J connectivity index is 2.02. The Morgan fingerprint density at radius 2 is 2.24 bits per heavy atom. The zero-order chi connectivity index (χ0) is 15.2. The largest absolute Gasteiger partial charge is 0.398 e. The molecule has 0 aromatic heterocycles. The molecule has 1 amide bonds. The quantitative estimate of drug-likeness (QED) is 0.643. The Hall–Kier alpha value is -1.59. The number of hydrogen-bond donors (Lipinski definition) is 1. The molecule has 0 radical (unpaired) electrons.